The van der Waals surface area contributed by atoms with Gasteiger partial charge in [-0.05, 0) is 48.2 Å². The molecule has 0 aliphatic heterocycles. The molecule has 0 amide bonds. The zero-order valence-corrected chi connectivity index (χ0v) is 12.1. The lowest BCUT2D eigenvalue weighted by atomic mass is 10.0. The predicted molar refractivity (Wildman–Crippen MR) is 85.8 cm³/mol. The van der Waals surface area contributed by atoms with Crippen molar-refractivity contribution >= 4 is 23.3 Å². The van der Waals surface area contributed by atoms with Crippen LogP contribution in [0.1, 0.15) is 23.6 Å². The maximum atomic E-state index is 5.55. The Morgan fingerprint density at radius 2 is 2.10 bits per heavy atom. The second kappa shape index (κ2) is 5.79. The maximum absolute atomic E-state index is 5.55. The van der Waals surface area contributed by atoms with Gasteiger partial charge in [-0.25, -0.2) is 5.43 Å². The molecule has 1 aromatic heterocycles. The number of nitrogens with one attached hydrogen (secondary N) is 1. The summed E-state index contributed by atoms with van der Waals surface area (Å²) in [6, 6.07) is 14.4. The van der Waals surface area contributed by atoms with Crippen molar-refractivity contribution in [3.05, 3.63) is 59.2 Å². The lowest BCUT2D eigenvalue weighted by Crippen LogP contribution is -1.94. The molecule has 0 fully saturated rings. The van der Waals surface area contributed by atoms with Crippen LogP contribution in [0.15, 0.2) is 52.0 Å². The van der Waals surface area contributed by atoms with Gasteiger partial charge in [-0.3, -0.25) is 0 Å². The van der Waals surface area contributed by atoms with Crippen LogP contribution in [0.3, 0.4) is 0 Å². The molecule has 21 heavy (non-hydrogen) atoms. The molecule has 0 radical (unpaired) electrons. The topological polar surface area (TPSA) is 50.4 Å². The van der Waals surface area contributed by atoms with Gasteiger partial charge in [0, 0.05) is 0 Å². The number of hydrogen-bond acceptors (Lipinski definition) is 4. The van der Waals surface area contributed by atoms with Crippen molar-refractivity contribution in [3.8, 4) is 0 Å². The Balaban J connectivity index is 1.77. The third-order valence-electron chi connectivity index (χ3n) is 3.41. The van der Waals surface area contributed by atoms with Gasteiger partial charge in [0.15, 0.2) is 5.58 Å². The van der Waals surface area contributed by atoms with Gasteiger partial charge in [-0.15, -0.1) is 0 Å². The van der Waals surface area contributed by atoms with Crippen LogP contribution in [-0.2, 0) is 6.42 Å². The zero-order chi connectivity index (χ0) is 14.7. The molecule has 0 atom stereocenters. The van der Waals surface area contributed by atoms with Crippen LogP contribution in [0.4, 0.5) is 6.01 Å². The predicted octanol–water partition coefficient (Wildman–Crippen LogP) is 4.14. The first-order chi connectivity index (χ1) is 10.3. The molecule has 2 aromatic carbocycles. The molecular formula is C17H17N3O. The number of aryl methyl sites for hydroxylation is 2. The molecule has 4 heteroatoms. The molecule has 0 saturated carbocycles. The van der Waals surface area contributed by atoms with Crippen LogP contribution in [-0.4, -0.2) is 11.2 Å². The number of fused-ring (bicyclic) bond motifs is 1. The minimum atomic E-state index is 0.400. The monoisotopic (exact) mass is 279 g/mol. The van der Waals surface area contributed by atoms with Gasteiger partial charge in [0.2, 0.25) is 0 Å². The van der Waals surface area contributed by atoms with Crippen molar-refractivity contribution < 1.29 is 4.42 Å². The summed E-state index contributed by atoms with van der Waals surface area (Å²) in [6.45, 7) is 4.21. The highest BCUT2D eigenvalue weighted by atomic mass is 16.4. The number of hydrazone groups is 1. The minimum absolute atomic E-state index is 0.400. The summed E-state index contributed by atoms with van der Waals surface area (Å²) in [5.74, 6) is 0. The average Bonchev–Trinajstić information content (AvgIpc) is 2.92. The zero-order valence-electron chi connectivity index (χ0n) is 12.1. The van der Waals surface area contributed by atoms with Crippen molar-refractivity contribution in [2.24, 2.45) is 5.10 Å². The van der Waals surface area contributed by atoms with E-state index in [1.54, 1.807) is 6.21 Å². The number of hydrogen-bond donors (Lipinski definition) is 1. The van der Waals surface area contributed by atoms with E-state index in [0.717, 1.165) is 23.1 Å². The van der Waals surface area contributed by atoms with Crippen molar-refractivity contribution in [2.45, 2.75) is 20.3 Å². The van der Waals surface area contributed by atoms with Gasteiger partial charge in [0.05, 0.1) is 6.21 Å². The molecule has 0 aliphatic rings. The van der Waals surface area contributed by atoms with Crippen LogP contribution in [0.5, 0.6) is 0 Å². The highest BCUT2D eigenvalue weighted by Gasteiger charge is 2.03. The van der Waals surface area contributed by atoms with Crippen molar-refractivity contribution in [2.75, 3.05) is 5.43 Å². The third kappa shape index (κ3) is 2.94. The average molecular weight is 279 g/mol. The molecule has 0 bridgehead atoms. The Bertz CT molecular complexity index is 757. The second-order valence-electron chi connectivity index (χ2n) is 4.90. The van der Waals surface area contributed by atoms with E-state index in [4.69, 9.17) is 4.42 Å². The van der Waals surface area contributed by atoms with Crippen molar-refractivity contribution in [1.29, 1.82) is 0 Å². The fourth-order valence-electron chi connectivity index (χ4n) is 2.13. The summed E-state index contributed by atoms with van der Waals surface area (Å²) in [4.78, 5) is 4.31. The highest BCUT2D eigenvalue weighted by Crippen LogP contribution is 2.18. The Kier molecular flexibility index (Phi) is 3.69. The standard InChI is InChI=1S/C17H17N3O/c1-3-13-9-8-12(2)14(10-13)11-18-20-17-19-15-6-4-5-7-16(15)21-17/h4-11H,3H2,1-2H3,(H,19,20)/b18-11+. The van der Waals surface area contributed by atoms with Gasteiger partial charge in [0.25, 0.3) is 0 Å². The lowest BCUT2D eigenvalue weighted by Gasteiger charge is -2.02. The van der Waals surface area contributed by atoms with Gasteiger partial charge >= 0.3 is 6.01 Å². The fourth-order valence-corrected chi connectivity index (χ4v) is 2.13. The SMILES string of the molecule is CCc1ccc(C)c(/C=N/Nc2nc3ccccc3o2)c1. The molecule has 3 aromatic rings. The summed E-state index contributed by atoms with van der Waals surface area (Å²) < 4.78 is 5.55. The number of oxazole rings is 1. The van der Waals surface area contributed by atoms with E-state index >= 15 is 0 Å². The highest BCUT2D eigenvalue weighted by molar-refractivity contribution is 5.82. The number of rotatable bonds is 4. The minimum Gasteiger partial charge on any atom is -0.422 e. The Morgan fingerprint density at radius 3 is 2.90 bits per heavy atom. The molecule has 1 N–H and O–H groups in total. The van der Waals surface area contributed by atoms with E-state index in [1.165, 1.54) is 11.1 Å². The Morgan fingerprint density at radius 1 is 1.24 bits per heavy atom. The number of nitrogens with zero attached hydrogens (tertiary/aromatic N) is 2. The normalized spacial score (nSPS) is 11.3. The molecule has 0 spiro atoms. The lowest BCUT2D eigenvalue weighted by molar-refractivity contribution is 0.617. The smallest absolute Gasteiger partial charge is 0.316 e. The van der Waals surface area contributed by atoms with Crippen molar-refractivity contribution in [3.63, 3.8) is 0 Å². The first kappa shape index (κ1) is 13.4. The number of anilines is 1. The number of para-hydroxylation sites is 2. The van der Waals surface area contributed by atoms with Crippen LogP contribution in [0.25, 0.3) is 11.1 Å². The van der Waals surface area contributed by atoms with Gasteiger partial charge in [-0.1, -0.05) is 31.2 Å². The quantitative estimate of drug-likeness (QED) is 0.576. The molecule has 0 saturated heterocycles. The van der Waals surface area contributed by atoms with Crippen LogP contribution >= 0.6 is 0 Å². The molecule has 1 heterocycles. The summed E-state index contributed by atoms with van der Waals surface area (Å²) in [5, 5.41) is 4.21. The molecule has 0 aliphatic carbocycles. The number of benzene rings is 2. The van der Waals surface area contributed by atoms with Crippen molar-refractivity contribution in [1.82, 2.24) is 4.98 Å². The molecule has 106 valence electrons. The van der Waals surface area contributed by atoms with Gasteiger partial charge in [-0.2, -0.15) is 10.1 Å². The molecule has 3 rings (SSSR count). The maximum Gasteiger partial charge on any atom is 0.316 e. The summed E-state index contributed by atoms with van der Waals surface area (Å²) in [5.41, 5.74) is 7.99. The molecule has 0 unspecified atom stereocenters. The number of aromatic nitrogens is 1. The van der Waals surface area contributed by atoms with E-state index in [1.807, 2.05) is 24.3 Å². The Labute approximate surface area is 123 Å². The van der Waals surface area contributed by atoms with E-state index in [-0.39, 0.29) is 0 Å². The molecular weight excluding hydrogens is 262 g/mol. The van der Waals surface area contributed by atoms with Crippen LogP contribution < -0.4 is 5.43 Å². The van der Waals surface area contributed by atoms with Crippen LogP contribution in [0, 0.1) is 6.92 Å². The summed E-state index contributed by atoms with van der Waals surface area (Å²) in [7, 11) is 0. The molecule has 4 nitrogen and oxygen atoms in total. The summed E-state index contributed by atoms with van der Waals surface area (Å²) >= 11 is 0. The van der Waals surface area contributed by atoms with E-state index in [9.17, 15) is 0 Å². The van der Waals surface area contributed by atoms with E-state index in [2.05, 4.69) is 47.6 Å². The van der Waals surface area contributed by atoms with E-state index < -0.39 is 0 Å². The fraction of sp³-hybridized carbons (Fsp3) is 0.176. The third-order valence-corrected chi connectivity index (χ3v) is 3.41. The largest absolute Gasteiger partial charge is 0.422 e. The first-order valence-electron chi connectivity index (χ1n) is 7.00. The summed E-state index contributed by atoms with van der Waals surface area (Å²) in [6.07, 6.45) is 2.81. The Hall–Kier alpha value is -2.62. The second-order valence-corrected chi connectivity index (χ2v) is 4.90. The van der Waals surface area contributed by atoms with Gasteiger partial charge in [0.1, 0.15) is 5.52 Å². The van der Waals surface area contributed by atoms with Gasteiger partial charge < -0.3 is 4.42 Å². The first-order valence-corrected chi connectivity index (χ1v) is 7.00. The van der Waals surface area contributed by atoms with E-state index in [0.29, 0.717) is 6.01 Å². The van der Waals surface area contributed by atoms with Crippen LogP contribution in [0.2, 0.25) is 0 Å².